The standard InChI is InChI=1S/C13H28O2/c1-2-3-8-13(10-7-12-15)9-5-4-6-11-14/h13-15H,2-12H2,1H3. The Labute approximate surface area is 94.7 Å². The first-order chi connectivity index (χ1) is 7.35. The molecule has 2 nitrogen and oxygen atoms in total. The summed E-state index contributed by atoms with van der Waals surface area (Å²) in [5.74, 6) is 0.802. The van der Waals surface area contributed by atoms with Gasteiger partial charge in [-0.2, -0.15) is 0 Å². The summed E-state index contributed by atoms with van der Waals surface area (Å²) >= 11 is 0. The Morgan fingerprint density at radius 2 is 1.33 bits per heavy atom. The molecule has 0 aliphatic heterocycles. The van der Waals surface area contributed by atoms with E-state index in [2.05, 4.69) is 6.92 Å². The molecule has 0 heterocycles. The van der Waals surface area contributed by atoms with E-state index in [9.17, 15) is 0 Å². The third-order valence-electron chi connectivity index (χ3n) is 3.01. The van der Waals surface area contributed by atoms with E-state index in [4.69, 9.17) is 10.2 Å². The van der Waals surface area contributed by atoms with Gasteiger partial charge in [0.25, 0.3) is 0 Å². The largest absolute Gasteiger partial charge is 0.396 e. The van der Waals surface area contributed by atoms with E-state index in [-0.39, 0.29) is 0 Å². The number of aliphatic hydroxyl groups excluding tert-OH is 2. The molecule has 0 bridgehead atoms. The normalized spacial score (nSPS) is 13.0. The van der Waals surface area contributed by atoms with Gasteiger partial charge in [0, 0.05) is 13.2 Å². The maximum atomic E-state index is 8.82. The van der Waals surface area contributed by atoms with Crippen LogP contribution < -0.4 is 0 Å². The van der Waals surface area contributed by atoms with Crippen molar-refractivity contribution in [3.63, 3.8) is 0 Å². The number of hydrogen-bond acceptors (Lipinski definition) is 2. The Balaban J connectivity index is 3.49. The summed E-state index contributed by atoms with van der Waals surface area (Å²) in [6.45, 7) is 2.89. The average molecular weight is 216 g/mol. The second kappa shape index (κ2) is 12.0. The Bertz CT molecular complexity index is 107. The molecular weight excluding hydrogens is 188 g/mol. The highest BCUT2D eigenvalue weighted by molar-refractivity contribution is 4.60. The fourth-order valence-corrected chi connectivity index (χ4v) is 2.03. The molecule has 2 N–H and O–H groups in total. The molecule has 2 heteroatoms. The van der Waals surface area contributed by atoms with E-state index >= 15 is 0 Å². The van der Waals surface area contributed by atoms with Gasteiger partial charge in [0.2, 0.25) is 0 Å². The molecule has 1 unspecified atom stereocenters. The topological polar surface area (TPSA) is 40.5 Å². The molecule has 0 fully saturated rings. The fraction of sp³-hybridized carbons (Fsp3) is 1.00. The number of hydrogen-bond donors (Lipinski definition) is 2. The van der Waals surface area contributed by atoms with Gasteiger partial charge in [-0.1, -0.05) is 45.4 Å². The SMILES string of the molecule is CCCCC(CCCO)CCCCCO. The third-order valence-corrected chi connectivity index (χ3v) is 3.01. The molecule has 0 radical (unpaired) electrons. The van der Waals surface area contributed by atoms with E-state index in [1.807, 2.05) is 0 Å². The zero-order valence-electron chi connectivity index (χ0n) is 10.2. The molecule has 15 heavy (non-hydrogen) atoms. The highest BCUT2D eigenvalue weighted by Gasteiger charge is 2.07. The highest BCUT2D eigenvalue weighted by atomic mass is 16.3. The van der Waals surface area contributed by atoms with Crippen molar-refractivity contribution in [2.75, 3.05) is 13.2 Å². The van der Waals surface area contributed by atoms with Crippen molar-refractivity contribution in [2.24, 2.45) is 5.92 Å². The Morgan fingerprint density at radius 3 is 1.93 bits per heavy atom. The molecule has 0 saturated heterocycles. The van der Waals surface area contributed by atoms with Gasteiger partial charge in [-0.05, 0) is 25.2 Å². The lowest BCUT2D eigenvalue weighted by Crippen LogP contribution is -2.02. The Kier molecular flexibility index (Phi) is 11.9. The van der Waals surface area contributed by atoms with Gasteiger partial charge in [-0.25, -0.2) is 0 Å². The lowest BCUT2D eigenvalue weighted by Gasteiger charge is -2.15. The number of rotatable bonds is 11. The van der Waals surface area contributed by atoms with Crippen LogP contribution in [0.3, 0.4) is 0 Å². The van der Waals surface area contributed by atoms with Crippen LogP contribution in [0.15, 0.2) is 0 Å². The molecular formula is C13H28O2. The quantitative estimate of drug-likeness (QED) is 0.521. The van der Waals surface area contributed by atoms with Crippen molar-refractivity contribution in [1.82, 2.24) is 0 Å². The van der Waals surface area contributed by atoms with Crippen molar-refractivity contribution in [2.45, 2.75) is 64.7 Å². The predicted octanol–water partition coefficient (Wildman–Crippen LogP) is 3.12. The maximum absolute atomic E-state index is 8.82. The minimum absolute atomic E-state index is 0.330. The van der Waals surface area contributed by atoms with Gasteiger partial charge in [0.15, 0.2) is 0 Å². The fourth-order valence-electron chi connectivity index (χ4n) is 2.03. The van der Waals surface area contributed by atoms with E-state index < -0.39 is 0 Å². The predicted molar refractivity (Wildman–Crippen MR) is 64.9 cm³/mol. The van der Waals surface area contributed by atoms with Crippen LogP contribution in [0.2, 0.25) is 0 Å². The minimum atomic E-state index is 0.330. The van der Waals surface area contributed by atoms with Crippen molar-refractivity contribution < 1.29 is 10.2 Å². The minimum Gasteiger partial charge on any atom is -0.396 e. The summed E-state index contributed by atoms with van der Waals surface area (Å²) in [7, 11) is 0. The first-order valence-electron chi connectivity index (χ1n) is 6.56. The lowest BCUT2D eigenvalue weighted by molar-refractivity contribution is 0.258. The Hall–Kier alpha value is -0.0800. The first-order valence-corrected chi connectivity index (χ1v) is 6.56. The van der Waals surface area contributed by atoms with Crippen LogP contribution in [0.4, 0.5) is 0 Å². The number of aliphatic hydroxyl groups is 2. The highest BCUT2D eigenvalue weighted by Crippen LogP contribution is 2.21. The van der Waals surface area contributed by atoms with Crippen LogP contribution in [-0.4, -0.2) is 23.4 Å². The van der Waals surface area contributed by atoms with Crippen LogP contribution in [0.5, 0.6) is 0 Å². The molecule has 0 spiro atoms. The second-order valence-electron chi connectivity index (χ2n) is 4.45. The molecule has 0 saturated carbocycles. The number of unbranched alkanes of at least 4 members (excludes halogenated alkanes) is 3. The van der Waals surface area contributed by atoms with Crippen LogP contribution in [0.1, 0.15) is 64.7 Å². The summed E-state index contributed by atoms with van der Waals surface area (Å²) in [4.78, 5) is 0. The maximum Gasteiger partial charge on any atom is 0.0431 e. The van der Waals surface area contributed by atoms with Gasteiger partial charge in [-0.3, -0.25) is 0 Å². The van der Waals surface area contributed by atoms with Gasteiger partial charge >= 0.3 is 0 Å². The summed E-state index contributed by atoms with van der Waals surface area (Å²) in [6, 6.07) is 0. The molecule has 0 aliphatic rings. The molecule has 0 aromatic rings. The molecule has 0 rings (SSSR count). The summed E-state index contributed by atoms with van der Waals surface area (Å²) in [5, 5.41) is 17.5. The molecule has 0 aliphatic carbocycles. The third kappa shape index (κ3) is 10.2. The monoisotopic (exact) mass is 216 g/mol. The van der Waals surface area contributed by atoms with Crippen LogP contribution in [0.25, 0.3) is 0 Å². The molecule has 92 valence electrons. The van der Waals surface area contributed by atoms with Crippen molar-refractivity contribution >= 4 is 0 Å². The second-order valence-corrected chi connectivity index (χ2v) is 4.45. The van der Waals surface area contributed by atoms with Gasteiger partial charge in [0.05, 0.1) is 0 Å². The summed E-state index contributed by atoms with van der Waals surface area (Å²) < 4.78 is 0. The zero-order chi connectivity index (χ0) is 11.4. The van der Waals surface area contributed by atoms with Gasteiger partial charge < -0.3 is 10.2 Å². The van der Waals surface area contributed by atoms with E-state index in [0.29, 0.717) is 13.2 Å². The lowest BCUT2D eigenvalue weighted by atomic mass is 9.91. The van der Waals surface area contributed by atoms with Crippen molar-refractivity contribution in [3.8, 4) is 0 Å². The average Bonchev–Trinajstić information content (AvgIpc) is 2.27. The van der Waals surface area contributed by atoms with E-state index in [1.165, 1.54) is 38.5 Å². The molecule has 1 atom stereocenters. The molecule has 0 aromatic carbocycles. The zero-order valence-corrected chi connectivity index (χ0v) is 10.2. The van der Waals surface area contributed by atoms with Crippen molar-refractivity contribution in [1.29, 1.82) is 0 Å². The Morgan fingerprint density at radius 1 is 0.733 bits per heavy atom. The van der Waals surface area contributed by atoms with Crippen LogP contribution in [-0.2, 0) is 0 Å². The summed E-state index contributed by atoms with van der Waals surface area (Å²) in [5.41, 5.74) is 0. The first kappa shape index (κ1) is 14.9. The van der Waals surface area contributed by atoms with Crippen LogP contribution in [0, 0.1) is 5.92 Å². The molecule has 0 amide bonds. The van der Waals surface area contributed by atoms with Gasteiger partial charge in [-0.15, -0.1) is 0 Å². The summed E-state index contributed by atoms with van der Waals surface area (Å²) in [6.07, 6.45) is 10.6. The van der Waals surface area contributed by atoms with Gasteiger partial charge in [0.1, 0.15) is 0 Å². The van der Waals surface area contributed by atoms with Crippen LogP contribution >= 0.6 is 0 Å². The van der Waals surface area contributed by atoms with Crippen molar-refractivity contribution in [3.05, 3.63) is 0 Å². The van der Waals surface area contributed by atoms with E-state index in [0.717, 1.165) is 25.2 Å². The van der Waals surface area contributed by atoms with E-state index in [1.54, 1.807) is 0 Å². The molecule has 0 aromatic heterocycles. The smallest absolute Gasteiger partial charge is 0.0431 e.